The molecule has 0 spiro atoms. The largest absolute Gasteiger partial charge is 0.505 e. The predicted molar refractivity (Wildman–Crippen MR) is 45.4 cm³/mol. The Morgan fingerprint density at radius 2 is 2.15 bits per heavy atom. The van der Waals surface area contributed by atoms with Crippen LogP contribution in [0.5, 0.6) is 11.5 Å². The summed E-state index contributed by atoms with van der Waals surface area (Å²) in [5.74, 6) is -1.24. The maximum absolute atomic E-state index is 13.1. The van der Waals surface area contributed by atoms with Crippen LogP contribution in [0.25, 0.3) is 0 Å². The van der Waals surface area contributed by atoms with Crippen molar-refractivity contribution in [3.05, 3.63) is 23.5 Å². The van der Waals surface area contributed by atoms with Crippen molar-refractivity contribution in [3.8, 4) is 11.5 Å². The number of phenolic OH excluding ortho intramolecular Hbond substituents is 1. The van der Waals surface area contributed by atoms with Gasteiger partial charge >= 0.3 is 0 Å². The van der Waals surface area contributed by atoms with Crippen molar-refractivity contribution in [1.82, 2.24) is 0 Å². The molecule has 1 aromatic carbocycles. The fourth-order valence-electron chi connectivity index (χ4n) is 1.12. The second-order valence-electron chi connectivity index (χ2n) is 2.56. The number of halogens is 1. The molecule has 0 atom stereocenters. The zero-order chi connectivity index (χ0) is 9.84. The molecule has 0 aliphatic carbocycles. The van der Waals surface area contributed by atoms with Crippen LogP contribution in [0, 0.1) is 5.82 Å². The van der Waals surface area contributed by atoms with E-state index in [0.29, 0.717) is 12.0 Å². The van der Waals surface area contributed by atoms with Gasteiger partial charge in [-0.2, -0.15) is 4.39 Å². The smallest absolute Gasteiger partial charge is 0.206 e. The van der Waals surface area contributed by atoms with Crippen molar-refractivity contribution >= 4 is 0 Å². The van der Waals surface area contributed by atoms with E-state index in [0.717, 1.165) is 0 Å². The number of aliphatic hydroxyl groups excluding tert-OH is 1. The minimum Gasteiger partial charge on any atom is -0.505 e. The average molecular weight is 186 g/mol. The molecule has 13 heavy (non-hydrogen) atoms. The van der Waals surface area contributed by atoms with Gasteiger partial charge in [-0.05, 0) is 18.1 Å². The molecule has 1 aromatic rings. The SMILES string of the molecule is COc1c(CCO)ccc(O)c1F. The van der Waals surface area contributed by atoms with E-state index >= 15 is 0 Å². The minimum atomic E-state index is -0.784. The van der Waals surface area contributed by atoms with Crippen molar-refractivity contribution in [2.45, 2.75) is 6.42 Å². The van der Waals surface area contributed by atoms with Crippen LogP contribution in [-0.4, -0.2) is 23.9 Å². The third-order valence-electron chi connectivity index (χ3n) is 1.74. The third kappa shape index (κ3) is 1.89. The minimum absolute atomic E-state index is 0.00551. The molecule has 0 aliphatic rings. The molecule has 0 radical (unpaired) electrons. The Bertz CT molecular complexity index is 299. The molecule has 0 amide bonds. The Hall–Kier alpha value is -1.29. The fourth-order valence-corrected chi connectivity index (χ4v) is 1.12. The number of aromatic hydroxyl groups is 1. The Morgan fingerprint density at radius 3 is 2.69 bits per heavy atom. The Labute approximate surface area is 75.4 Å². The lowest BCUT2D eigenvalue weighted by molar-refractivity contribution is 0.294. The highest BCUT2D eigenvalue weighted by Gasteiger charge is 2.12. The molecular weight excluding hydrogens is 175 g/mol. The van der Waals surface area contributed by atoms with E-state index in [9.17, 15) is 4.39 Å². The summed E-state index contributed by atoms with van der Waals surface area (Å²) in [6, 6.07) is 2.76. The van der Waals surface area contributed by atoms with Crippen LogP contribution in [0.4, 0.5) is 4.39 Å². The van der Waals surface area contributed by atoms with Crippen molar-refractivity contribution in [2.75, 3.05) is 13.7 Å². The number of hydrogen-bond acceptors (Lipinski definition) is 3. The van der Waals surface area contributed by atoms with Crippen molar-refractivity contribution in [1.29, 1.82) is 0 Å². The summed E-state index contributed by atoms with van der Waals surface area (Å²) in [6.45, 7) is -0.0828. The molecule has 0 unspecified atom stereocenters. The van der Waals surface area contributed by atoms with Gasteiger partial charge < -0.3 is 14.9 Å². The second kappa shape index (κ2) is 4.09. The van der Waals surface area contributed by atoms with Crippen molar-refractivity contribution in [3.63, 3.8) is 0 Å². The number of rotatable bonds is 3. The predicted octanol–water partition coefficient (Wildman–Crippen LogP) is 1.07. The van der Waals surface area contributed by atoms with Crippen LogP contribution in [0.1, 0.15) is 5.56 Å². The van der Waals surface area contributed by atoms with Gasteiger partial charge in [0.1, 0.15) is 0 Å². The van der Waals surface area contributed by atoms with Gasteiger partial charge in [0.2, 0.25) is 5.82 Å². The summed E-state index contributed by atoms with van der Waals surface area (Å²) in [6.07, 6.45) is 0.306. The van der Waals surface area contributed by atoms with Gasteiger partial charge in [0.25, 0.3) is 0 Å². The van der Waals surface area contributed by atoms with Crippen LogP contribution < -0.4 is 4.74 Å². The number of phenols is 1. The van der Waals surface area contributed by atoms with Crippen LogP contribution in [-0.2, 0) is 6.42 Å². The molecule has 0 fully saturated rings. The first-order valence-corrected chi connectivity index (χ1v) is 3.86. The summed E-state index contributed by atoms with van der Waals surface area (Å²) in [5.41, 5.74) is 0.542. The van der Waals surface area contributed by atoms with Gasteiger partial charge in [-0.1, -0.05) is 6.07 Å². The molecule has 0 aromatic heterocycles. The second-order valence-corrected chi connectivity index (χ2v) is 2.56. The highest BCUT2D eigenvalue weighted by molar-refractivity contribution is 5.42. The van der Waals surface area contributed by atoms with Crippen molar-refractivity contribution in [2.24, 2.45) is 0 Å². The van der Waals surface area contributed by atoms with Crippen LogP contribution >= 0.6 is 0 Å². The van der Waals surface area contributed by atoms with Gasteiger partial charge in [0, 0.05) is 6.61 Å². The van der Waals surface area contributed by atoms with Crippen LogP contribution in [0.15, 0.2) is 12.1 Å². The van der Waals surface area contributed by atoms with Gasteiger partial charge in [-0.3, -0.25) is 0 Å². The molecule has 0 heterocycles. The molecule has 4 heteroatoms. The zero-order valence-electron chi connectivity index (χ0n) is 7.25. The van der Waals surface area contributed by atoms with Gasteiger partial charge in [0.05, 0.1) is 7.11 Å². The third-order valence-corrected chi connectivity index (χ3v) is 1.74. The summed E-state index contributed by atoms with van der Waals surface area (Å²) < 4.78 is 17.9. The normalized spacial score (nSPS) is 10.1. The van der Waals surface area contributed by atoms with Crippen LogP contribution in [0.2, 0.25) is 0 Å². The van der Waals surface area contributed by atoms with Gasteiger partial charge in [0.15, 0.2) is 11.5 Å². The topological polar surface area (TPSA) is 49.7 Å². The molecule has 0 saturated carbocycles. The maximum Gasteiger partial charge on any atom is 0.206 e. The van der Waals surface area contributed by atoms with Gasteiger partial charge in [-0.25, -0.2) is 0 Å². The van der Waals surface area contributed by atoms with E-state index in [1.807, 2.05) is 0 Å². The monoisotopic (exact) mass is 186 g/mol. The Kier molecular flexibility index (Phi) is 3.08. The van der Waals surface area contributed by atoms with E-state index in [4.69, 9.17) is 14.9 Å². The zero-order valence-corrected chi connectivity index (χ0v) is 7.25. The standard InChI is InChI=1S/C9H11FO3/c1-13-9-6(4-5-11)2-3-7(12)8(9)10/h2-3,11-12H,4-5H2,1H3. The highest BCUT2D eigenvalue weighted by Crippen LogP contribution is 2.29. The average Bonchev–Trinajstić information content (AvgIpc) is 2.12. The molecule has 1 rings (SSSR count). The van der Waals surface area contributed by atoms with E-state index in [1.165, 1.54) is 19.2 Å². The lowest BCUT2D eigenvalue weighted by Crippen LogP contribution is -1.98. The molecular formula is C9H11FO3. The van der Waals surface area contributed by atoms with Crippen molar-refractivity contribution < 1.29 is 19.3 Å². The van der Waals surface area contributed by atoms with E-state index in [-0.39, 0.29) is 12.4 Å². The van der Waals surface area contributed by atoms with E-state index < -0.39 is 11.6 Å². The molecule has 0 bridgehead atoms. The first kappa shape index (κ1) is 9.80. The van der Waals surface area contributed by atoms with Crippen LogP contribution in [0.3, 0.4) is 0 Å². The lowest BCUT2D eigenvalue weighted by atomic mass is 10.1. The number of benzene rings is 1. The molecule has 72 valence electrons. The summed E-state index contributed by atoms with van der Waals surface area (Å²) in [4.78, 5) is 0. The van der Waals surface area contributed by atoms with E-state index in [2.05, 4.69) is 0 Å². The molecule has 0 saturated heterocycles. The number of ether oxygens (including phenoxy) is 1. The lowest BCUT2D eigenvalue weighted by Gasteiger charge is -2.08. The number of hydrogen-bond donors (Lipinski definition) is 2. The first-order valence-electron chi connectivity index (χ1n) is 3.86. The molecule has 0 aliphatic heterocycles. The number of methoxy groups -OCH3 is 1. The fraction of sp³-hybridized carbons (Fsp3) is 0.333. The molecule has 3 nitrogen and oxygen atoms in total. The highest BCUT2D eigenvalue weighted by atomic mass is 19.1. The van der Waals surface area contributed by atoms with Gasteiger partial charge in [-0.15, -0.1) is 0 Å². The Balaban J connectivity index is 3.13. The summed E-state index contributed by atoms with van der Waals surface area (Å²) in [5, 5.41) is 17.7. The van der Waals surface area contributed by atoms with E-state index in [1.54, 1.807) is 0 Å². The molecule has 2 N–H and O–H groups in total. The quantitative estimate of drug-likeness (QED) is 0.742. The summed E-state index contributed by atoms with van der Waals surface area (Å²) in [7, 11) is 1.32. The summed E-state index contributed by atoms with van der Waals surface area (Å²) >= 11 is 0. The first-order chi connectivity index (χ1) is 6.20. The maximum atomic E-state index is 13.1. The Morgan fingerprint density at radius 1 is 1.46 bits per heavy atom. The number of aliphatic hydroxyl groups is 1.